The van der Waals surface area contributed by atoms with Gasteiger partial charge in [-0.15, -0.1) is 0 Å². The van der Waals surface area contributed by atoms with Crippen LogP contribution in [0.15, 0.2) is 53.4 Å². The lowest BCUT2D eigenvalue weighted by Crippen LogP contribution is -2.18. The van der Waals surface area contributed by atoms with Crippen molar-refractivity contribution in [2.45, 2.75) is 11.1 Å². The summed E-state index contributed by atoms with van der Waals surface area (Å²) in [6, 6.07) is 9.59. The molecule has 0 amide bonds. The molecule has 0 heterocycles. The summed E-state index contributed by atoms with van der Waals surface area (Å²) in [7, 11) is -4.35. The molecule has 112 valence electrons. The summed E-state index contributed by atoms with van der Waals surface area (Å²) in [5.74, 6) is 0. The molecule has 0 atom stereocenters. The third-order valence-electron chi connectivity index (χ3n) is 2.64. The maximum absolute atomic E-state index is 12.9. The molecule has 0 aliphatic carbocycles. The minimum absolute atomic E-state index is 0.126. The van der Waals surface area contributed by atoms with Gasteiger partial charge >= 0.3 is 6.18 Å². The molecule has 0 fully saturated rings. The largest absolute Gasteiger partial charge is 0.417 e. The SMILES string of the molecule is Nc1ccc(NS(=O)(=O)c2ccccc2C(F)(F)F)cc1. The van der Waals surface area contributed by atoms with Gasteiger partial charge in [0, 0.05) is 11.4 Å². The van der Waals surface area contributed by atoms with Crippen LogP contribution in [0.2, 0.25) is 0 Å². The Hall–Kier alpha value is -2.22. The Morgan fingerprint density at radius 3 is 2.10 bits per heavy atom. The summed E-state index contributed by atoms with van der Waals surface area (Å²) in [6.45, 7) is 0. The molecule has 0 unspecified atom stereocenters. The molecule has 0 spiro atoms. The Morgan fingerprint density at radius 2 is 1.52 bits per heavy atom. The van der Waals surface area contributed by atoms with Crippen LogP contribution in [0, 0.1) is 0 Å². The van der Waals surface area contributed by atoms with Crippen LogP contribution < -0.4 is 10.5 Å². The standard InChI is InChI=1S/C13H11F3N2O2S/c14-13(15,16)11-3-1-2-4-12(11)21(19,20)18-10-7-5-9(17)6-8-10/h1-8,18H,17H2. The van der Waals surface area contributed by atoms with Crippen LogP contribution >= 0.6 is 0 Å². The van der Waals surface area contributed by atoms with Crippen LogP contribution in [0.1, 0.15) is 5.56 Å². The molecule has 0 radical (unpaired) electrons. The number of alkyl halides is 3. The third kappa shape index (κ3) is 3.46. The van der Waals surface area contributed by atoms with Crippen molar-refractivity contribution < 1.29 is 21.6 Å². The van der Waals surface area contributed by atoms with Gasteiger partial charge in [0.15, 0.2) is 0 Å². The molecule has 0 saturated heterocycles. The van der Waals surface area contributed by atoms with Gasteiger partial charge in [-0.2, -0.15) is 13.2 Å². The number of nitrogens with one attached hydrogen (secondary N) is 1. The van der Waals surface area contributed by atoms with Crippen LogP contribution in [0.4, 0.5) is 24.5 Å². The molecule has 2 rings (SSSR count). The predicted molar refractivity (Wildman–Crippen MR) is 73.1 cm³/mol. The maximum Gasteiger partial charge on any atom is 0.417 e. The first-order chi connectivity index (χ1) is 9.70. The second-order valence-electron chi connectivity index (χ2n) is 4.22. The van der Waals surface area contributed by atoms with Crippen LogP contribution in [-0.2, 0) is 16.2 Å². The minimum atomic E-state index is -4.76. The van der Waals surface area contributed by atoms with E-state index < -0.39 is 26.7 Å². The zero-order valence-corrected chi connectivity index (χ0v) is 11.4. The highest BCUT2D eigenvalue weighted by atomic mass is 32.2. The summed E-state index contributed by atoms with van der Waals surface area (Å²) >= 11 is 0. The topological polar surface area (TPSA) is 72.2 Å². The van der Waals surface area contributed by atoms with Crippen LogP contribution in [0.5, 0.6) is 0 Å². The first-order valence-corrected chi connectivity index (χ1v) is 7.23. The lowest BCUT2D eigenvalue weighted by Gasteiger charge is -2.14. The van der Waals surface area contributed by atoms with Gasteiger partial charge in [0.05, 0.1) is 10.5 Å². The van der Waals surface area contributed by atoms with Crippen molar-refractivity contribution in [3.8, 4) is 0 Å². The summed E-state index contributed by atoms with van der Waals surface area (Å²) in [4.78, 5) is -0.825. The fraction of sp³-hybridized carbons (Fsp3) is 0.0769. The number of hydrogen-bond donors (Lipinski definition) is 2. The highest BCUT2D eigenvalue weighted by Gasteiger charge is 2.36. The average Bonchev–Trinajstić information content (AvgIpc) is 2.40. The lowest BCUT2D eigenvalue weighted by atomic mass is 10.2. The molecule has 8 heteroatoms. The van der Waals surface area contributed by atoms with Crippen molar-refractivity contribution in [3.05, 3.63) is 54.1 Å². The van der Waals surface area contributed by atoms with E-state index in [9.17, 15) is 21.6 Å². The fourth-order valence-electron chi connectivity index (χ4n) is 1.70. The first kappa shape index (κ1) is 15.2. The molecule has 0 aliphatic heterocycles. The summed E-state index contributed by atoms with van der Waals surface area (Å²) in [6.07, 6.45) is -4.76. The first-order valence-electron chi connectivity index (χ1n) is 5.75. The van der Waals surface area contributed by atoms with E-state index in [1.807, 2.05) is 0 Å². The Balaban J connectivity index is 2.43. The average molecular weight is 316 g/mol. The van der Waals surface area contributed by atoms with E-state index in [0.29, 0.717) is 5.69 Å². The van der Waals surface area contributed by atoms with Crippen molar-refractivity contribution in [1.82, 2.24) is 0 Å². The molecule has 0 aliphatic rings. The predicted octanol–water partition coefficient (Wildman–Crippen LogP) is 3.09. The maximum atomic E-state index is 12.9. The van der Waals surface area contributed by atoms with Gasteiger partial charge in [-0.05, 0) is 36.4 Å². The van der Waals surface area contributed by atoms with E-state index in [1.165, 1.54) is 30.3 Å². The van der Waals surface area contributed by atoms with Gasteiger partial charge in [0.1, 0.15) is 0 Å². The van der Waals surface area contributed by atoms with Crippen molar-refractivity contribution in [2.24, 2.45) is 0 Å². The van der Waals surface area contributed by atoms with Gasteiger partial charge in [0.2, 0.25) is 0 Å². The van der Waals surface area contributed by atoms with Gasteiger partial charge in [-0.25, -0.2) is 8.42 Å². The zero-order valence-electron chi connectivity index (χ0n) is 10.6. The smallest absolute Gasteiger partial charge is 0.399 e. The van der Waals surface area contributed by atoms with Crippen molar-refractivity contribution in [3.63, 3.8) is 0 Å². The number of benzene rings is 2. The Bertz CT molecular complexity index is 741. The molecule has 21 heavy (non-hydrogen) atoms. The molecular weight excluding hydrogens is 305 g/mol. The van der Waals surface area contributed by atoms with Gasteiger partial charge < -0.3 is 5.73 Å². The highest BCUT2D eigenvalue weighted by molar-refractivity contribution is 7.92. The molecule has 0 saturated carbocycles. The Labute approximate surface area is 119 Å². The number of nitrogen functional groups attached to an aromatic ring is 1. The summed E-state index contributed by atoms with van der Waals surface area (Å²) < 4.78 is 64.9. The van der Waals surface area contributed by atoms with Crippen LogP contribution in [0.25, 0.3) is 0 Å². The quantitative estimate of drug-likeness (QED) is 0.855. The van der Waals surface area contributed by atoms with E-state index in [4.69, 9.17) is 5.73 Å². The van der Waals surface area contributed by atoms with E-state index in [2.05, 4.69) is 4.72 Å². The van der Waals surface area contributed by atoms with Crippen molar-refractivity contribution >= 4 is 21.4 Å². The fourth-order valence-corrected chi connectivity index (χ4v) is 2.98. The monoisotopic (exact) mass is 316 g/mol. The number of rotatable bonds is 3. The number of halogens is 3. The van der Waals surface area contributed by atoms with Gasteiger partial charge in [-0.1, -0.05) is 12.1 Å². The Kier molecular flexibility index (Phi) is 3.82. The van der Waals surface area contributed by atoms with E-state index in [0.717, 1.165) is 18.2 Å². The van der Waals surface area contributed by atoms with E-state index in [-0.39, 0.29) is 5.69 Å². The number of anilines is 2. The third-order valence-corrected chi connectivity index (χ3v) is 4.08. The van der Waals surface area contributed by atoms with Crippen molar-refractivity contribution in [2.75, 3.05) is 10.5 Å². The zero-order chi connectivity index (χ0) is 15.7. The highest BCUT2D eigenvalue weighted by Crippen LogP contribution is 2.34. The molecule has 2 aromatic rings. The lowest BCUT2D eigenvalue weighted by molar-refractivity contribution is -0.139. The second kappa shape index (κ2) is 5.28. The molecule has 3 N–H and O–H groups in total. The second-order valence-corrected chi connectivity index (χ2v) is 5.87. The normalized spacial score (nSPS) is 12.1. The van der Waals surface area contributed by atoms with E-state index >= 15 is 0 Å². The van der Waals surface area contributed by atoms with Crippen molar-refractivity contribution in [1.29, 1.82) is 0 Å². The van der Waals surface area contributed by atoms with Gasteiger partial charge in [-0.3, -0.25) is 4.72 Å². The van der Waals surface area contributed by atoms with E-state index in [1.54, 1.807) is 0 Å². The number of hydrogen-bond acceptors (Lipinski definition) is 3. The van der Waals surface area contributed by atoms with Crippen LogP contribution in [-0.4, -0.2) is 8.42 Å². The summed E-state index contributed by atoms with van der Waals surface area (Å²) in [5.41, 5.74) is 4.78. The van der Waals surface area contributed by atoms with Gasteiger partial charge in [0.25, 0.3) is 10.0 Å². The Morgan fingerprint density at radius 1 is 0.952 bits per heavy atom. The molecule has 0 bridgehead atoms. The molecule has 2 aromatic carbocycles. The minimum Gasteiger partial charge on any atom is -0.399 e. The number of nitrogens with two attached hydrogens (primary N) is 1. The summed E-state index contributed by atoms with van der Waals surface area (Å²) in [5, 5.41) is 0. The molecule has 4 nitrogen and oxygen atoms in total. The molecular formula is C13H11F3N2O2S. The number of sulfonamides is 1. The molecule has 0 aromatic heterocycles. The van der Waals surface area contributed by atoms with Crippen LogP contribution in [0.3, 0.4) is 0 Å².